The Morgan fingerprint density at radius 1 is 1.23 bits per heavy atom. The highest BCUT2D eigenvalue weighted by molar-refractivity contribution is 5.94. The van der Waals surface area contributed by atoms with E-state index in [0.29, 0.717) is 12.1 Å². The van der Waals surface area contributed by atoms with Crippen LogP contribution in [0.1, 0.15) is 34.8 Å². The number of likely N-dealkylation sites (tertiary alicyclic amines) is 1. The van der Waals surface area contributed by atoms with Crippen molar-refractivity contribution >= 4 is 5.91 Å². The highest BCUT2D eigenvalue weighted by Crippen LogP contribution is 2.33. The number of rotatable bonds is 2. The van der Waals surface area contributed by atoms with Gasteiger partial charge in [-0.1, -0.05) is 12.1 Å². The van der Waals surface area contributed by atoms with Crippen LogP contribution in [-0.2, 0) is 7.05 Å². The SMILES string of the molecule is Cn1ccc(C(=O)N2CCCC2c2ccc(F)cc2)cc1=O. The number of halogens is 1. The summed E-state index contributed by atoms with van der Waals surface area (Å²) in [5.74, 6) is -0.435. The van der Waals surface area contributed by atoms with Gasteiger partial charge in [0.2, 0.25) is 0 Å². The molecule has 0 N–H and O–H groups in total. The molecule has 0 bridgehead atoms. The molecule has 1 unspecified atom stereocenters. The van der Waals surface area contributed by atoms with Crippen molar-refractivity contribution in [1.29, 1.82) is 0 Å². The molecule has 1 saturated heterocycles. The number of carbonyl (C=O) groups excluding carboxylic acids is 1. The second kappa shape index (κ2) is 5.75. The van der Waals surface area contributed by atoms with Crippen LogP contribution < -0.4 is 5.56 Å². The van der Waals surface area contributed by atoms with Crippen molar-refractivity contribution in [3.8, 4) is 0 Å². The molecule has 114 valence electrons. The first kappa shape index (κ1) is 14.5. The first-order chi connectivity index (χ1) is 10.6. The summed E-state index contributed by atoms with van der Waals surface area (Å²) in [6.07, 6.45) is 3.35. The van der Waals surface area contributed by atoms with Gasteiger partial charge in [0.1, 0.15) is 5.82 Å². The average Bonchev–Trinajstić information content (AvgIpc) is 2.99. The average molecular weight is 300 g/mol. The maximum absolute atomic E-state index is 13.1. The van der Waals surface area contributed by atoms with Crippen LogP contribution in [0.15, 0.2) is 47.4 Å². The van der Waals surface area contributed by atoms with E-state index in [1.807, 2.05) is 0 Å². The number of hydrogen-bond donors (Lipinski definition) is 0. The Morgan fingerprint density at radius 2 is 1.95 bits per heavy atom. The Balaban J connectivity index is 1.89. The maximum atomic E-state index is 13.1. The predicted octanol–water partition coefficient (Wildman–Crippen LogP) is 2.50. The van der Waals surface area contributed by atoms with E-state index in [2.05, 4.69) is 0 Å². The van der Waals surface area contributed by atoms with Crippen molar-refractivity contribution in [2.75, 3.05) is 6.54 Å². The summed E-state index contributed by atoms with van der Waals surface area (Å²) < 4.78 is 14.5. The third-order valence-corrected chi connectivity index (χ3v) is 4.12. The molecule has 1 amide bonds. The van der Waals surface area contributed by atoms with Crippen LogP contribution in [0, 0.1) is 5.82 Å². The quantitative estimate of drug-likeness (QED) is 0.855. The van der Waals surface area contributed by atoms with Gasteiger partial charge in [-0.3, -0.25) is 9.59 Å². The molecule has 1 aromatic heterocycles. The fraction of sp³-hybridized carbons (Fsp3) is 0.294. The molecule has 1 aliphatic heterocycles. The van der Waals surface area contributed by atoms with Gasteiger partial charge in [-0.15, -0.1) is 0 Å². The highest BCUT2D eigenvalue weighted by atomic mass is 19.1. The summed E-state index contributed by atoms with van der Waals surface area (Å²) >= 11 is 0. The molecule has 2 aromatic rings. The molecule has 0 saturated carbocycles. The number of amides is 1. The summed E-state index contributed by atoms with van der Waals surface area (Å²) in [6, 6.07) is 9.22. The van der Waals surface area contributed by atoms with Gasteiger partial charge in [-0.25, -0.2) is 4.39 Å². The third kappa shape index (κ3) is 2.66. The van der Waals surface area contributed by atoms with E-state index in [4.69, 9.17) is 0 Å². The molecule has 4 nitrogen and oxygen atoms in total. The molecule has 0 spiro atoms. The number of carbonyl (C=O) groups is 1. The van der Waals surface area contributed by atoms with Crippen LogP contribution in [0.3, 0.4) is 0 Å². The van der Waals surface area contributed by atoms with Crippen LogP contribution in [-0.4, -0.2) is 21.9 Å². The smallest absolute Gasteiger partial charge is 0.254 e. The molecule has 1 atom stereocenters. The Labute approximate surface area is 127 Å². The molecule has 1 aromatic carbocycles. The minimum atomic E-state index is -0.286. The zero-order valence-corrected chi connectivity index (χ0v) is 12.3. The summed E-state index contributed by atoms with van der Waals surface area (Å²) in [7, 11) is 1.65. The van der Waals surface area contributed by atoms with Crippen molar-refractivity contribution in [2.45, 2.75) is 18.9 Å². The number of aryl methyl sites for hydroxylation is 1. The Morgan fingerprint density at radius 3 is 2.64 bits per heavy atom. The van der Waals surface area contributed by atoms with Gasteiger partial charge >= 0.3 is 0 Å². The number of pyridine rings is 1. The lowest BCUT2D eigenvalue weighted by molar-refractivity contribution is 0.0735. The van der Waals surface area contributed by atoms with E-state index in [-0.39, 0.29) is 23.3 Å². The molecule has 1 aliphatic rings. The lowest BCUT2D eigenvalue weighted by atomic mass is 10.0. The second-order valence-corrected chi connectivity index (χ2v) is 5.57. The van der Waals surface area contributed by atoms with Crippen LogP contribution in [0.4, 0.5) is 4.39 Å². The van der Waals surface area contributed by atoms with E-state index in [9.17, 15) is 14.0 Å². The number of aromatic nitrogens is 1. The Kier molecular flexibility index (Phi) is 3.79. The molecular weight excluding hydrogens is 283 g/mol. The second-order valence-electron chi connectivity index (χ2n) is 5.57. The molecular formula is C17H17FN2O2. The van der Waals surface area contributed by atoms with Crippen LogP contribution in [0.5, 0.6) is 0 Å². The summed E-state index contributed by atoms with van der Waals surface area (Å²) in [5, 5.41) is 0. The van der Waals surface area contributed by atoms with Gasteiger partial charge in [0.05, 0.1) is 6.04 Å². The van der Waals surface area contributed by atoms with Crippen molar-refractivity contribution in [3.63, 3.8) is 0 Å². The van der Waals surface area contributed by atoms with E-state index in [0.717, 1.165) is 18.4 Å². The molecule has 0 radical (unpaired) electrons. The topological polar surface area (TPSA) is 42.3 Å². The zero-order valence-electron chi connectivity index (χ0n) is 12.3. The number of nitrogens with zero attached hydrogens (tertiary/aromatic N) is 2. The summed E-state index contributed by atoms with van der Waals surface area (Å²) in [6.45, 7) is 0.649. The molecule has 2 heterocycles. The van der Waals surface area contributed by atoms with Gasteiger partial charge in [-0.2, -0.15) is 0 Å². The van der Waals surface area contributed by atoms with Gasteiger partial charge in [-0.05, 0) is 36.6 Å². The van der Waals surface area contributed by atoms with E-state index < -0.39 is 0 Å². The Hall–Kier alpha value is -2.43. The predicted molar refractivity (Wildman–Crippen MR) is 81.1 cm³/mol. The van der Waals surface area contributed by atoms with Crippen molar-refractivity contribution in [1.82, 2.24) is 9.47 Å². The number of hydrogen-bond acceptors (Lipinski definition) is 2. The third-order valence-electron chi connectivity index (χ3n) is 4.12. The van der Waals surface area contributed by atoms with Crippen molar-refractivity contribution in [3.05, 3.63) is 69.9 Å². The lowest BCUT2D eigenvalue weighted by Gasteiger charge is -2.25. The van der Waals surface area contributed by atoms with E-state index in [1.165, 1.54) is 22.8 Å². The van der Waals surface area contributed by atoms with Crippen LogP contribution in [0.25, 0.3) is 0 Å². The van der Waals surface area contributed by atoms with Gasteiger partial charge in [0, 0.05) is 31.4 Å². The van der Waals surface area contributed by atoms with Gasteiger partial charge in [0.15, 0.2) is 0 Å². The first-order valence-corrected chi connectivity index (χ1v) is 7.29. The normalized spacial score (nSPS) is 17.7. The fourth-order valence-electron chi connectivity index (χ4n) is 2.89. The molecule has 1 fully saturated rings. The number of benzene rings is 1. The monoisotopic (exact) mass is 300 g/mol. The summed E-state index contributed by atoms with van der Waals surface area (Å²) in [5.41, 5.74) is 1.12. The van der Waals surface area contributed by atoms with Gasteiger partial charge < -0.3 is 9.47 Å². The van der Waals surface area contributed by atoms with Crippen molar-refractivity contribution in [2.24, 2.45) is 7.05 Å². The molecule has 22 heavy (non-hydrogen) atoms. The van der Waals surface area contributed by atoms with Crippen LogP contribution in [0.2, 0.25) is 0 Å². The molecule has 0 aliphatic carbocycles. The lowest BCUT2D eigenvalue weighted by Crippen LogP contribution is -2.31. The van der Waals surface area contributed by atoms with Crippen LogP contribution >= 0.6 is 0 Å². The maximum Gasteiger partial charge on any atom is 0.254 e. The molecule has 3 rings (SSSR count). The standard InChI is InChI=1S/C17H17FN2O2/c1-19-10-8-13(11-16(19)21)17(22)20-9-2-3-15(20)12-4-6-14(18)7-5-12/h4-8,10-11,15H,2-3,9H2,1H3. The molecule has 5 heteroatoms. The van der Waals surface area contributed by atoms with Crippen molar-refractivity contribution < 1.29 is 9.18 Å². The van der Waals surface area contributed by atoms with E-state index >= 15 is 0 Å². The highest BCUT2D eigenvalue weighted by Gasteiger charge is 2.30. The van der Waals surface area contributed by atoms with E-state index in [1.54, 1.807) is 36.3 Å². The minimum absolute atomic E-state index is 0.0582. The first-order valence-electron chi connectivity index (χ1n) is 7.29. The largest absolute Gasteiger partial charge is 0.332 e. The minimum Gasteiger partial charge on any atom is -0.332 e. The fourth-order valence-corrected chi connectivity index (χ4v) is 2.89. The van der Waals surface area contributed by atoms with Gasteiger partial charge in [0.25, 0.3) is 11.5 Å². The summed E-state index contributed by atoms with van der Waals surface area (Å²) in [4.78, 5) is 26.1. The Bertz CT molecular complexity index is 752. The zero-order chi connectivity index (χ0) is 15.7.